The van der Waals surface area contributed by atoms with Crippen LogP contribution in [0.5, 0.6) is 11.5 Å². The topological polar surface area (TPSA) is 81.3 Å². The Morgan fingerprint density at radius 3 is 2.50 bits per heavy atom. The lowest BCUT2D eigenvalue weighted by Crippen LogP contribution is -2.50. The summed E-state index contributed by atoms with van der Waals surface area (Å²) < 4.78 is 16.1. The fourth-order valence-electron chi connectivity index (χ4n) is 3.28. The number of ether oxygens (including phenoxy) is 3. The minimum absolute atomic E-state index is 0. The van der Waals surface area contributed by atoms with Gasteiger partial charge in [0.1, 0.15) is 0 Å². The summed E-state index contributed by atoms with van der Waals surface area (Å²) in [5.41, 5.74) is 7.11. The van der Waals surface area contributed by atoms with Gasteiger partial charge in [0.05, 0.1) is 34.0 Å². The zero-order valence-electron chi connectivity index (χ0n) is 17.4. The Bertz CT molecular complexity index is 607. The van der Waals surface area contributed by atoms with Crippen LogP contribution in [-0.2, 0) is 11.3 Å². The molecule has 1 atom stereocenters. The fraction of sp³-hybridized carbons (Fsp3) is 0.650. The second-order valence-corrected chi connectivity index (χ2v) is 7.20. The second-order valence-electron chi connectivity index (χ2n) is 7.20. The second kappa shape index (κ2) is 13.1. The predicted molar refractivity (Wildman–Crippen MR) is 124 cm³/mol. The van der Waals surface area contributed by atoms with E-state index in [4.69, 9.17) is 19.9 Å². The number of rotatable bonds is 9. The number of guanidine groups is 1. The summed E-state index contributed by atoms with van der Waals surface area (Å²) in [5.74, 6) is 2.50. The van der Waals surface area contributed by atoms with Crippen LogP contribution in [-0.4, -0.2) is 64.0 Å². The van der Waals surface area contributed by atoms with E-state index in [0.717, 1.165) is 44.8 Å². The monoisotopic (exact) mass is 506 g/mol. The van der Waals surface area contributed by atoms with Crippen LogP contribution in [0.1, 0.15) is 25.8 Å². The number of halogens is 1. The lowest BCUT2D eigenvalue weighted by Gasteiger charge is -2.35. The third-order valence-corrected chi connectivity index (χ3v) is 4.70. The molecule has 0 bridgehead atoms. The van der Waals surface area contributed by atoms with Crippen LogP contribution in [0, 0.1) is 5.92 Å². The molecule has 0 saturated carbocycles. The van der Waals surface area contributed by atoms with Crippen molar-refractivity contribution < 1.29 is 14.2 Å². The van der Waals surface area contributed by atoms with E-state index in [1.165, 1.54) is 0 Å². The normalized spacial score (nSPS) is 16.4. The number of morpholine rings is 1. The maximum Gasteiger partial charge on any atom is 0.188 e. The van der Waals surface area contributed by atoms with Crippen molar-refractivity contribution in [3.63, 3.8) is 0 Å². The number of hydrogen-bond acceptors (Lipinski definition) is 5. The summed E-state index contributed by atoms with van der Waals surface area (Å²) in [6.07, 6.45) is 1.12. The van der Waals surface area contributed by atoms with Gasteiger partial charge in [0.25, 0.3) is 0 Å². The molecular formula is C20H35IN4O3. The first-order chi connectivity index (χ1) is 13.0. The molecule has 0 spiro atoms. The Morgan fingerprint density at radius 1 is 1.21 bits per heavy atom. The molecule has 0 radical (unpaired) electrons. The van der Waals surface area contributed by atoms with Gasteiger partial charge in [0.2, 0.25) is 0 Å². The highest BCUT2D eigenvalue weighted by atomic mass is 127. The van der Waals surface area contributed by atoms with Gasteiger partial charge in [-0.1, -0.05) is 19.9 Å². The Morgan fingerprint density at radius 2 is 1.89 bits per heavy atom. The molecule has 0 amide bonds. The molecule has 1 aliphatic rings. The van der Waals surface area contributed by atoms with Gasteiger partial charge in [-0.3, -0.25) is 4.90 Å². The van der Waals surface area contributed by atoms with E-state index in [1.807, 2.05) is 18.2 Å². The summed E-state index contributed by atoms with van der Waals surface area (Å²) in [4.78, 5) is 6.95. The Kier molecular flexibility index (Phi) is 11.6. The molecule has 1 aromatic carbocycles. The van der Waals surface area contributed by atoms with Crippen LogP contribution < -0.4 is 20.5 Å². The largest absolute Gasteiger partial charge is 0.493 e. The first-order valence-electron chi connectivity index (χ1n) is 9.60. The average Bonchev–Trinajstić information content (AvgIpc) is 2.69. The molecule has 3 N–H and O–H groups in total. The number of hydrogen-bond donors (Lipinski definition) is 2. The van der Waals surface area contributed by atoms with Crippen LogP contribution in [0.2, 0.25) is 0 Å². The van der Waals surface area contributed by atoms with E-state index in [2.05, 4.69) is 29.1 Å². The van der Waals surface area contributed by atoms with Crippen molar-refractivity contribution in [2.24, 2.45) is 16.6 Å². The summed E-state index contributed by atoms with van der Waals surface area (Å²) in [5, 5.41) is 3.30. The summed E-state index contributed by atoms with van der Waals surface area (Å²) in [6, 6.07) is 6.20. The zero-order valence-corrected chi connectivity index (χ0v) is 19.8. The van der Waals surface area contributed by atoms with Gasteiger partial charge >= 0.3 is 0 Å². The molecule has 1 aliphatic heterocycles. The minimum Gasteiger partial charge on any atom is -0.493 e. The van der Waals surface area contributed by atoms with Crippen LogP contribution in [0.3, 0.4) is 0 Å². The van der Waals surface area contributed by atoms with E-state index in [1.54, 1.807) is 14.2 Å². The van der Waals surface area contributed by atoms with Gasteiger partial charge in [-0.2, -0.15) is 0 Å². The molecule has 1 fully saturated rings. The highest BCUT2D eigenvalue weighted by molar-refractivity contribution is 14.0. The molecule has 1 heterocycles. The van der Waals surface area contributed by atoms with E-state index in [-0.39, 0.29) is 24.0 Å². The third-order valence-electron chi connectivity index (χ3n) is 4.70. The van der Waals surface area contributed by atoms with Gasteiger partial charge in [-0.15, -0.1) is 24.0 Å². The maximum atomic E-state index is 6.10. The molecule has 7 nitrogen and oxygen atoms in total. The number of nitrogens with two attached hydrogens (primary N) is 1. The Hall–Kier alpha value is -1.26. The maximum absolute atomic E-state index is 6.10. The molecule has 1 aromatic rings. The van der Waals surface area contributed by atoms with Crippen LogP contribution in [0.15, 0.2) is 23.2 Å². The molecule has 8 heteroatoms. The van der Waals surface area contributed by atoms with Gasteiger partial charge < -0.3 is 25.3 Å². The van der Waals surface area contributed by atoms with Gasteiger partial charge in [-0.25, -0.2) is 4.99 Å². The first-order valence-corrected chi connectivity index (χ1v) is 9.60. The number of benzene rings is 1. The molecular weight excluding hydrogens is 471 g/mol. The van der Waals surface area contributed by atoms with Gasteiger partial charge in [-0.05, 0) is 30.0 Å². The Labute approximate surface area is 186 Å². The van der Waals surface area contributed by atoms with Crippen molar-refractivity contribution in [3.05, 3.63) is 23.8 Å². The SMILES string of the molecule is COc1ccc(CN=C(N)NCC(CC(C)C)N2CCOCC2)cc1OC.I. The van der Waals surface area contributed by atoms with Gasteiger partial charge in [0.15, 0.2) is 17.5 Å². The van der Waals surface area contributed by atoms with E-state index in [9.17, 15) is 0 Å². The highest BCUT2D eigenvalue weighted by Gasteiger charge is 2.21. The van der Waals surface area contributed by atoms with Crippen LogP contribution in [0.25, 0.3) is 0 Å². The highest BCUT2D eigenvalue weighted by Crippen LogP contribution is 2.27. The summed E-state index contributed by atoms with van der Waals surface area (Å²) in [7, 11) is 3.25. The number of nitrogens with zero attached hydrogens (tertiary/aromatic N) is 2. The van der Waals surface area contributed by atoms with Crippen LogP contribution in [0.4, 0.5) is 0 Å². The molecule has 0 aromatic heterocycles. The number of nitrogens with one attached hydrogen (secondary N) is 1. The summed E-state index contributed by atoms with van der Waals surface area (Å²) >= 11 is 0. The average molecular weight is 506 g/mol. The summed E-state index contributed by atoms with van der Waals surface area (Å²) in [6.45, 7) is 9.34. The number of methoxy groups -OCH3 is 2. The van der Waals surface area contributed by atoms with Crippen LogP contribution >= 0.6 is 24.0 Å². The smallest absolute Gasteiger partial charge is 0.188 e. The van der Waals surface area contributed by atoms with Crippen molar-refractivity contribution in [3.8, 4) is 11.5 Å². The lowest BCUT2D eigenvalue weighted by atomic mass is 10.0. The van der Waals surface area contributed by atoms with Crippen molar-refractivity contribution in [1.29, 1.82) is 0 Å². The quantitative estimate of drug-likeness (QED) is 0.305. The van der Waals surface area contributed by atoms with Gasteiger partial charge in [0, 0.05) is 25.7 Å². The molecule has 2 rings (SSSR count). The van der Waals surface area contributed by atoms with Crippen molar-refractivity contribution in [2.45, 2.75) is 32.9 Å². The molecule has 1 saturated heterocycles. The third kappa shape index (κ3) is 8.00. The molecule has 1 unspecified atom stereocenters. The number of aliphatic imine (C=N–C) groups is 1. The van der Waals surface area contributed by atoms with E-state index < -0.39 is 0 Å². The van der Waals surface area contributed by atoms with Crippen molar-refractivity contribution in [1.82, 2.24) is 10.2 Å². The Balaban J connectivity index is 0.00000392. The van der Waals surface area contributed by atoms with E-state index >= 15 is 0 Å². The van der Waals surface area contributed by atoms with Crippen molar-refractivity contribution in [2.75, 3.05) is 47.1 Å². The molecule has 0 aliphatic carbocycles. The standard InChI is InChI=1S/C20H34N4O3.HI/c1-15(2)11-17(24-7-9-27-10-8-24)14-23-20(21)22-13-16-5-6-18(25-3)19(12-16)26-4;/h5-6,12,15,17H,7-11,13-14H2,1-4H3,(H3,21,22,23);1H. The zero-order chi connectivity index (χ0) is 19.6. The minimum atomic E-state index is 0. The predicted octanol–water partition coefficient (Wildman–Crippen LogP) is 2.47. The van der Waals surface area contributed by atoms with E-state index in [0.29, 0.717) is 36.0 Å². The lowest BCUT2D eigenvalue weighted by molar-refractivity contribution is 0.0133. The van der Waals surface area contributed by atoms with Crippen molar-refractivity contribution >= 4 is 29.9 Å². The first kappa shape index (κ1) is 24.8. The molecule has 160 valence electrons. The molecule has 28 heavy (non-hydrogen) atoms. The fourth-order valence-corrected chi connectivity index (χ4v) is 3.28.